The molecule has 0 saturated heterocycles. The summed E-state index contributed by atoms with van der Waals surface area (Å²) in [6.45, 7) is 3.93. The summed E-state index contributed by atoms with van der Waals surface area (Å²) in [4.78, 5) is 16.3. The first kappa shape index (κ1) is 14.5. The van der Waals surface area contributed by atoms with Crippen LogP contribution >= 0.6 is 15.9 Å². The number of carbonyl (C=O) groups is 1. The number of benzene rings is 1. The number of rotatable bonds is 3. The number of pyridine rings is 1. The van der Waals surface area contributed by atoms with E-state index >= 15 is 0 Å². The van der Waals surface area contributed by atoms with E-state index in [1.807, 2.05) is 39.1 Å². The molecular formula is C15H16BrN3O. The van der Waals surface area contributed by atoms with E-state index in [2.05, 4.69) is 31.5 Å². The Morgan fingerprint density at radius 1 is 1.20 bits per heavy atom. The van der Waals surface area contributed by atoms with Crippen LogP contribution in [-0.4, -0.2) is 17.9 Å². The van der Waals surface area contributed by atoms with Gasteiger partial charge in [0.25, 0.3) is 5.91 Å². The fourth-order valence-electron chi connectivity index (χ4n) is 1.96. The Hall–Kier alpha value is -1.88. The zero-order valence-electron chi connectivity index (χ0n) is 11.6. The minimum atomic E-state index is -0.207. The molecule has 0 spiro atoms. The van der Waals surface area contributed by atoms with E-state index in [0.29, 0.717) is 5.69 Å². The third kappa shape index (κ3) is 3.17. The van der Waals surface area contributed by atoms with E-state index < -0.39 is 0 Å². The van der Waals surface area contributed by atoms with Crippen LogP contribution in [0.4, 0.5) is 11.4 Å². The van der Waals surface area contributed by atoms with Gasteiger partial charge in [0.15, 0.2) is 0 Å². The van der Waals surface area contributed by atoms with Crippen molar-refractivity contribution in [1.82, 2.24) is 4.98 Å². The highest BCUT2D eigenvalue weighted by Gasteiger charge is 2.11. The number of hydrogen-bond acceptors (Lipinski definition) is 3. The van der Waals surface area contributed by atoms with Crippen molar-refractivity contribution in [1.29, 1.82) is 0 Å². The Kier molecular flexibility index (Phi) is 4.39. The van der Waals surface area contributed by atoms with E-state index in [9.17, 15) is 4.79 Å². The largest absolute Gasteiger partial charge is 0.387 e. The fourth-order valence-corrected chi connectivity index (χ4v) is 2.65. The highest BCUT2D eigenvalue weighted by Crippen LogP contribution is 2.25. The Bertz CT molecular complexity index is 615. The Balaban J connectivity index is 2.23. The lowest BCUT2D eigenvalue weighted by Crippen LogP contribution is -2.15. The summed E-state index contributed by atoms with van der Waals surface area (Å²) in [5.74, 6) is -0.207. The van der Waals surface area contributed by atoms with Crippen LogP contribution in [0, 0.1) is 13.8 Å². The van der Waals surface area contributed by atoms with Crippen molar-refractivity contribution in [3.8, 4) is 0 Å². The monoisotopic (exact) mass is 333 g/mol. The second kappa shape index (κ2) is 6.05. The van der Waals surface area contributed by atoms with Crippen LogP contribution < -0.4 is 10.6 Å². The second-order valence-corrected chi connectivity index (χ2v) is 5.47. The maximum Gasteiger partial charge on any atom is 0.274 e. The van der Waals surface area contributed by atoms with Gasteiger partial charge in [-0.15, -0.1) is 0 Å². The van der Waals surface area contributed by atoms with E-state index in [-0.39, 0.29) is 5.91 Å². The first-order chi connectivity index (χ1) is 9.51. The van der Waals surface area contributed by atoms with Gasteiger partial charge >= 0.3 is 0 Å². The number of aryl methyl sites for hydroxylation is 2. The van der Waals surface area contributed by atoms with Crippen LogP contribution in [0.15, 0.2) is 34.9 Å². The van der Waals surface area contributed by atoms with Crippen molar-refractivity contribution in [2.24, 2.45) is 0 Å². The van der Waals surface area contributed by atoms with E-state index in [0.717, 1.165) is 27.0 Å². The van der Waals surface area contributed by atoms with E-state index in [4.69, 9.17) is 0 Å². The van der Waals surface area contributed by atoms with Gasteiger partial charge in [0, 0.05) is 17.2 Å². The molecule has 0 aliphatic rings. The number of amides is 1. The molecule has 1 amide bonds. The standard InChI is InChI=1S/C15H16BrN3O/c1-9-6-11(16)7-10(2)14(9)19-15(20)13-5-4-12(17-3)8-18-13/h4-8,17H,1-3H3,(H,19,20). The third-order valence-corrected chi connectivity index (χ3v) is 3.48. The maximum absolute atomic E-state index is 12.2. The number of nitrogens with zero attached hydrogens (tertiary/aromatic N) is 1. The lowest BCUT2D eigenvalue weighted by Gasteiger charge is -2.12. The molecule has 20 heavy (non-hydrogen) atoms. The normalized spacial score (nSPS) is 10.2. The predicted molar refractivity (Wildman–Crippen MR) is 85.4 cm³/mol. The predicted octanol–water partition coefficient (Wildman–Crippen LogP) is 3.75. The molecule has 0 atom stereocenters. The molecule has 0 saturated carbocycles. The number of nitrogens with one attached hydrogen (secondary N) is 2. The summed E-state index contributed by atoms with van der Waals surface area (Å²) in [5, 5.41) is 5.88. The van der Waals surface area contributed by atoms with Crippen molar-refractivity contribution >= 4 is 33.2 Å². The van der Waals surface area contributed by atoms with Gasteiger partial charge < -0.3 is 10.6 Å². The third-order valence-electron chi connectivity index (χ3n) is 3.02. The molecule has 104 valence electrons. The van der Waals surface area contributed by atoms with Gasteiger partial charge in [0.2, 0.25) is 0 Å². The van der Waals surface area contributed by atoms with Gasteiger partial charge in [-0.3, -0.25) is 4.79 Å². The minimum Gasteiger partial charge on any atom is -0.387 e. The van der Waals surface area contributed by atoms with Gasteiger partial charge in [0.1, 0.15) is 5.69 Å². The van der Waals surface area contributed by atoms with Crippen LogP contribution in [0.2, 0.25) is 0 Å². The molecule has 5 heteroatoms. The lowest BCUT2D eigenvalue weighted by atomic mass is 10.1. The molecule has 2 N–H and O–H groups in total. The molecule has 0 radical (unpaired) electrons. The summed E-state index contributed by atoms with van der Waals surface area (Å²) in [6, 6.07) is 7.47. The number of halogens is 1. The number of aromatic nitrogens is 1. The molecule has 2 aromatic rings. The number of anilines is 2. The highest BCUT2D eigenvalue weighted by atomic mass is 79.9. The quantitative estimate of drug-likeness (QED) is 0.899. The van der Waals surface area contributed by atoms with Crippen molar-refractivity contribution < 1.29 is 4.79 Å². The van der Waals surface area contributed by atoms with E-state index in [1.165, 1.54) is 0 Å². The molecule has 0 unspecified atom stereocenters. The van der Waals surface area contributed by atoms with Crippen LogP contribution in [0.25, 0.3) is 0 Å². The van der Waals surface area contributed by atoms with Gasteiger partial charge in [-0.25, -0.2) is 4.98 Å². The zero-order chi connectivity index (χ0) is 14.7. The first-order valence-corrected chi connectivity index (χ1v) is 7.02. The first-order valence-electron chi connectivity index (χ1n) is 6.23. The summed E-state index contributed by atoms with van der Waals surface area (Å²) >= 11 is 3.44. The average Bonchev–Trinajstić information content (AvgIpc) is 2.42. The number of hydrogen-bond donors (Lipinski definition) is 2. The topological polar surface area (TPSA) is 54.0 Å². The lowest BCUT2D eigenvalue weighted by molar-refractivity contribution is 0.102. The van der Waals surface area contributed by atoms with Gasteiger partial charge in [-0.2, -0.15) is 0 Å². The van der Waals surface area contributed by atoms with Gasteiger partial charge in [-0.05, 0) is 49.2 Å². The molecule has 0 aliphatic heterocycles. The Morgan fingerprint density at radius 2 is 1.85 bits per heavy atom. The van der Waals surface area contributed by atoms with Crippen molar-refractivity contribution in [3.63, 3.8) is 0 Å². The molecule has 2 rings (SSSR count). The summed E-state index contributed by atoms with van der Waals surface area (Å²) < 4.78 is 1.00. The number of carbonyl (C=O) groups excluding carboxylic acids is 1. The SMILES string of the molecule is CNc1ccc(C(=O)Nc2c(C)cc(Br)cc2C)nc1. The molecule has 0 bridgehead atoms. The molecule has 1 aromatic heterocycles. The van der Waals surface area contributed by atoms with Crippen molar-refractivity contribution in [2.75, 3.05) is 17.7 Å². The Morgan fingerprint density at radius 3 is 2.35 bits per heavy atom. The zero-order valence-corrected chi connectivity index (χ0v) is 13.2. The molecule has 0 aliphatic carbocycles. The molecular weight excluding hydrogens is 318 g/mol. The molecule has 0 fully saturated rings. The fraction of sp³-hybridized carbons (Fsp3) is 0.200. The van der Waals surface area contributed by atoms with Crippen LogP contribution in [0.3, 0.4) is 0 Å². The molecule has 4 nitrogen and oxygen atoms in total. The average molecular weight is 334 g/mol. The highest BCUT2D eigenvalue weighted by molar-refractivity contribution is 9.10. The van der Waals surface area contributed by atoms with Crippen LogP contribution in [-0.2, 0) is 0 Å². The molecule has 1 aromatic carbocycles. The smallest absolute Gasteiger partial charge is 0.274 e. The summed E-state index contributed by atoms with van der Waals surface area (Å²) in [7, 11) is 1.81. The minimum absolute atomic E-state index is 0.207. The van der Waals surface area contributed by atoms with Gasteiger partial charge in [-0.1, -0.05) is 15.9 Å². The van der Waals surface area contributed by atoms with E-state index in [1.54, 1.807) is 12.3 Å². The van der Waals surface area contributed by atoms with Crippen LogP contribution in [0.1, 0.15) is 21.6 Å². The second-order valence-electron chi connectivity index (χ2n) is 4.55. The van der Waals surface area contributed by atoms with Crippen molar-refractivity contribution in [3.05, 3.63) is 51.8 Å². The summed E-state index contributed by atoms with van der Waals surface area (Å²) in [5.41, 5.74) is 4.12. The Labute approximate surface area is 126 Å². The maximum atomic E-state index is 12.2. The van der Waals surface area contributed by atoms with Crippen LogP contribution in [0.5, 0.6) is 0 Å². The summed E-state index contributed by atoms with van der Waals surface area (Å²) in [6.07, 6.45) is 1.64. The molecule has 1 heterocycles. The van der Waals surface area contributed by atoms with Crippen molar-refractivity contribution in [2.45, 2.75) is 13.8 Å². The van der Waals surface area contributed by atoms with Gasteiger partial charge in [0.05, 0.1) is 11.9 Å².